The van der Waals surface area contributed by atoms with Gasteiger partial charge in [-0.25, -0.2) is 4.72 Å². The molecule has 0 aliphatic heterocycles. The molecule has 14 heavy (non-hydrogen) atoms. The minimum Gasteiger partial charge on any atom is -0.387 e. The third-order valence-corrected chi connectivity index (χ3v) is 3.21. The third-order valence-electron chi connectivity index (χ3n) is 1.57. The Balaban J connectivity index is 4.41. The van der Waals surface area contributed by atoms with Gasteiger partial charge in [0.25, 0.3) is 10.2 Å². The van der Waals surface area contributed by atoms with Crippen molar-refractivity contribution in [3.05, 3.63) is 0 Å². The second-order valence-electron chi connectivity index (χ2n) is 2.85. The van der Waals surface area contributed by atoms with Gasteiger partial charge in [-0.2, -0.15) is 12.7 Å². The van der Waals surface area contributed by atoms with E-state index in [9.17, 15) is 8.42 Å². The van der Waals surface area contributed by atoms with Crippen LogP contribution < -0.4 is 10.5 Å². The molecule has 0 unspecified atom stereocenters. The number of nitrogens with two attached hydrogens (primary N) is 1. The molecule has 0 aromatic heterocycles. The van der Waals surface area contributed by atoms with Gasteiger partial charge in [-0.05, 0) is 6.42 Å². The predicted molar refractivity (Wildman–Crippen MR) is 56.4 cm³/mol. The Kier molecular flexibility index (Phi) is 5.66. The summed E-state index contributed by atoms with van der Waals surface area (Å²) in [4.78, 5) is 0. The summed E-state index contributed by atoms with van der Waals surface area (Å²) < 4.78 is 26.6. The van der Waals surface area contributed by atoms with Gasteiger partial charge in [0, 0.05) is 13.1 Å². The van der Waals surface area contributed by atoms with Gasteiger partial charge < -0.3 is 5.73 Å². The van der Waals surface area contributed by atoms with Crippen LogP contribution in [0.3, 0.4) is 0 Å². The van der Waals surface area contributed by atoms with Crippen LogP contribution in [-0.2, 0) is 10.2 Å². The zero-order valence-electron chi connectivity index (χ0n) is 8.58. The van der Waals surface area contributed by atoms with E-state index in [1.807, 2.05) is 6.92 Å². The summed E-state index contributed by atoms with van der Waals surface area (Å²) in [6.45, 7) is 4.23. The van der Waals surface area contributed by atoms with Gasteiger partial charge in [0.05, 0.1) is 6.54 Å². The molecule has 0 radical (unpaired) electrons. The zero-order valence-corrected chi connectivity index (χ0v) is 9.39. The molecular formula is C7H18N4O2S. The maximum Gasteiger partial charge on any atom is 0.279 e. The number of hydrogen-bond acceptors (Lipinski definition) is 3. The minimum atomic E-state index is -3.47. The van der Waals surface area contributed by atoms with E-state index in [-0.39, 0.29) is 12.4 Å². The molecule has 0 atom stereocenters. The topological polar surface area (TPSA) is 99.3 Å². The predicted octanol–water partition coefficient (Wildman–Crippen LogP) is -0.511. The lowest BCUT2D eigenvalue weighted by atomic mass is 10.5. The van der Waals surface area contributed by atoms with Gasteiger partial charge in [0.1, 0.15) is 5.84 Å². The van der Waals surface area contributed by atoms with Crippen molar-refractivity contribution >= 4 is 16.0 Å². The van der Waals surface area contributed by atoms with Crippen LogP contribution in [0.2, 0.25) is 0 Å². The average Bonchev–Trinajstić information content (AvgIpc) is 2.10. The molecule has 0 saturated heterocycles. The largest absolute Gasteiger partial charge is 0.387 e. The first-order chi connectivity index (χ1) is 6.44. The van der Waals surface area contributed by atoms with E-state index in [4.69, 9.17) is 11.1 Å². The van der Waals surface area contributed by atoms with Crippen LogP contribution in [0.15, 0.2) is 0 Å². The van der Waals surface area contributed by atoms with Crippen molar-refractivity contribution in [3.63, 3.8) is 0 Å². The lowest BCUT2D eigenvalue weighted by molar-refractivity contribution is 0.454. The second-order valence-corrected chi connectivity index (χ2v) is 4.61. The number of likely N-dealkylation sites (N-methyl/N-ethyl adjacent to an activating group) is 1. The molecule has 0 rings (SSSR count). The van der Waals surface area contributed by atoms with Gasteiger partial charge in [-0.15, -0.1) is 0 Å². The quantitative estimate of drug-likeness (QED) is 0.399. The lowest BCUT2D eigenvalue weighted by Gasteiger charge is -2.19. The Hall–Kier alpha value is -0.660. The highest BCUT2D eigenvalue weighted by Crippen LogP contribution is 1.96. The van der Waals surface area contributed by atoms with Crippen molar-refractivity contribution in [2.45, 2.75) is 20.3 Å². The van der Waals surface area contributed by atoms with Gasteiger partial charge in [-0.1, -0.05) is 13.8 Å². The number of amidine groups is 1. The Labute approximate surface area is 85.2 Å². The van der Waals surface area contributed by atoms with E-state index in [1.165, 1.54) is 0 Å². The molecule has 0 spiro atoms. The Bertz CT molecular complexity index is 275. The lowest BCUT2D eigenvalue weighted by Crippen LogP contribution is -2.44. The second kappa shape index (κ2) is 5.94. The van der Waals surface area contributed by atoms with Crippen molar-refractivity contribution < 1.29 is 8.42 Å². The first kappa shape index (κ1) is 13.3. The molecule has 0 aromatic carbocycles. The zero-order chi connectivity index (χ0) is 11.2. The van der Waals surface area contributed by atoms with Gasteiger partial charge in [-0.3, -0.25) is 5.41 Å². The van der Waals surface area contributed by atoms with Crippen molar-refractivity contribution in [2.24, 2.45) is 5.73 Å². The van der Waals surface area contributed by atoms with Crippen LogP contribution in [-0.4, -0.2) is 38.2 Å². The van der Waals surface area contributed by atoms with Crippen LogP contribution in [0.5, 0.6) is 0 Å². The fourth-order valence-corrected chi connectivity index (χ4v) is 2.17. The van der Waals surface area contributed by atoms with Crippen LogP contribution in [0.25, 0.3) is 0 Å². The normalized spacial score (nSPS) is 11.9. The number of nitrogens with one attached hydrogen (secondary N) is 2. The van der Waals surface area contributed by atoms with Gasteiger partial charge in [0.15, 0.2) is 0 Å². The van der Waals surface area contributed by atoms with Crippen LogP contribution in [0, 0.1) is 5.41 Å². The average molecular weight is 222 g/mol. The molecule has 7 heteroatoms. The van der Waals surface area contributed by atoms with E-state index in [0.29, 0.717) is 13.1 Å². The van der Waals surface area contributed by atoms with Crippen LogP contribution in [0.1, 0.15) is 20.3 Å². The van der Waals surface area contributed by atoms with Gasteiger partial charge >= 0.3 is 0 Å². The minimum absolute atomic E-state index is 0.0600. The molecule has 4 N–H and O–H groups in total. The highest BCUT2D eigenvalue weighted by Gasteiger charge is 2.19. The summed E-state index contributed by atoms with van der Waals surface area (Å²) in [5, 5.41) is 7.03. The first-order valence-electron chi connectivity index (χ1n) is 4.51. The van der Waals surface area contributed by atoms with Crippen molar-refractivity contribution in [3.8, 4) is 0 Å². The molecule has 0 amide bonds. The summed E-state index contributed by atoms with van der Waals surface area (Å²) in [5.41, 5.74) is 5.14. The highest BCUT2D eigenvalue weighted by molar-refractivity contribution is 7.87. The summed E-state index contributed by atoms with van der Waals surface area (Å²) >= 11 is 0. The SMILES string of the molecule is CCCNS(=O)(=O)N(CC)CC(=N)N. The molecule has 0 aliphatic carbocycles. The highest BCUT2D eigenvalue weighted by atomic mass is 32.2. The Morgan fingerprint density at radius 3 is 2.43 bits per heavy atom. The van der Waals surface area contributed by atoms with E-state index in [1.54, 1.807) is 6.92 Å². The van der Waals surface area contributed by atoms with E-state index in [2.05, 4.69) is 4.72 Å². The number of rotatable bonds is 7. The maximum absolute atomic E-state index is 11.5. The molecule has 0 saturated carbocycles. The number of hydrogen-bond donors (Lipinski definition) is 3. The molecule has 0 heterocycles. The van der Waals surface area contributed by atoms with Gasteiger partial charge in [0.2, 0.25) is 0 Å². The molecule has 6 nitrogen and oxygen atoms in total. The molecule has 0 fully saturated rings. The molecule has 0 aromatic rings. The van der Waals surface area contributed by atoms with Crippen molar-refractivity contribution in [2.75, 3.05) is 19.6 Å². The summed E-state index contributed by atoms with van der Waals surface area (Å²) in [7, 11) is -3.47. The Morgan fingerprint density at radius 1 is 1.50 bits per heavy atom. The fourth-order valence-electron chi connectivity index (χ4n) is 0.879. The Morgan fingerprint density at radius 2 is 2.07 bits per heavy atom. The molecule has 84 valence electrons. The smallest absolute Gasteiger partial charge is 0.279 e. The van der Waals surface area contributed by atoms with Crippen LogP contribution in [0.4, 0.5) is 0 Å². The summed E-state index contributed by atoms with van der Waals surface area (Å²) in [5.74, 6) is -0.159. The molecule has 0 bridgehead atoms. The molecular weight excluding hydrogens is 204 g/mol. The summed E-state index contributed by atoms with van der Waals surface area (Å²) in [6, 6.07) is 0. The summed E-state index contributed by atoms with van der Waals surface area (Å²) in [6.07, 6.45) is 0.733. The van der Waals surface area contributed by atoms with E-state index in [0.717, 1.165) is 10.7 Å². The molecule has 0 aliphatic rings. The number of nitrogens with zero attached hydrogens (tertiary/aromatic N) is 1. The van der Waals surface area contributed by atoms with Crippen LogP contribution >= 0.6 is 0 Å². The fraction of sp³-hybridized carbons (Fsp3) is 0.857. The van der Waals surface area contributed by atoms with Crippen molar-refractivity contribution in [1.82, 2.24) is 9.03 Å². The standard InChI is InChI=1S/C7H18N4O2S/c1-3-5-10-14(12,13)11(4-2)6-7(8)9/h10H,3-6H2,1-2H3,(H3,8,9). The maximum atomic E-state index is 11.5. The van der Waals surface area contributed by atoms with Crippen molar-refractivity contribution in [1.29, 1.82) is 5.41 Å². The third kappa shape index (κ3) is 4.54. The van der Waals surface area contributed by atoms with E-state index >= 15 is 0 Å². The monoisotopic (exact) mass is 222 g/mol. The first-order valence-corrected chi connectivity index (χ1v) is 5.95. The van der Waals surface area contributed by atoms with E-state index < -0.39 is 10.2 Å².